The summed E-state index contributed by atoms with van der Waals surface area (Å²) in [6, 6.07) is 13.1. The monoisotopic (exact) mass is 368 g/mol. The molecule has 0 bridgehead atoms. The first-order valence-corrected chi connectivity index (χ1v) is 8.57. The van der Waals surface area contributed by atoms with Crippen LogP contribution in [0.5, 0.6) is 5.75 Å². The highest BCUT2D eigenvalue weighted by Gasteiger charge is 2.31. The molecule has 7 nitrogen and oxygen atoms in total. The Balaban J connectivity index is 1.92. The summed E-state index contributed by atoms with van der Waals surface area (Å²) in [5.74, 6) is -2.34. The van der Waals surface area contributed by atoms with Gasteiger partial charge in [-0.2, -0.15) is 0 Å². The Hall–Kier alpha value is -3.35. The summed E-state index contributed by atoms with van der Waals surface area (Å²) in [5.41, 5.74) is 1.33. The first-order valence-electron chi connectivity index (χ1n) is 8.57. The molecule has 1 heterocycles. The summed E-state index contributed by atoms with van der Waals surface area (Å²) >= 11 is 0. The van der Waals surface area contributed by atoms with Crippen LogP contribution in [-0.2, 0) is 9.59 Å². The number of fused-ring (bicyclic) bond motifs is 1. The van der Waals surface area contributed by atoms with E-state index in [4.69, 9.17) is 4.74 Å². The molecule has 0 spiro atoms. The molecule has 0 radical (unpaired) electrons. The van der Waals surface area contributed by atoms with Gasteiger partial charge in [-0.3, -0.25) is 14.4 Å². The van der Waals surface area contributed by atoms with Crippen molar-refractivity contribution < 1.29 is 24.2 Å². The van der Waals surface area contributed by atoms with Gasteiger partial charge in [0.1, 0.15) is 0 Å². The largest absolute Gasteiger partial charge is 0.481 e. The first-order chi connectivity index (χ1) is 12.9. The SMILES string of the molecule is CC1Oc2c(cccc2C(=O)NC(c2ccccc2)C(C)C(=O)O)NC1=O. The highest BCUT2D eigenvalue weighted by Crippen LogP contribution is 2.34. The molecular weight excluding hydrogens is 348 g/mol. The molecule has 1 aliphatic heterocycles. The van der Waals surface area contributed by atoms with E-state index in [0.29, 0.717) is 11.3 Å². The highest BCUT2D eigenvalue weighted by atomic mass is 16.5. The van der Waals surface area contributed by atoms with Crippen molar-refractivity contribution in [3.8, 4) is 5.75 Å². The number of carboxylic acids is 1. The summed E-state index contributed by atoms with van der Waals surface area (Å²) in [5, 5.41) is 14.9. The Morgan fingerprint density at radius 2 is 1.85 bits per heavy atom. The molecule has 3 atom stereocenters. The summed E-state index contributed by atoms with van der Waals surface area (Å²) in [7, 11) is 0. The Bertz CT molecular complexity index is 881. The van der Waals surface area contributed by atoms with E-state index in [0.717, 1.165) is 0 Å². The van der Waals surface area contributed by atoms with Gasteiger partial charge < -0.3 is 20.5 Å². The van der Waals surface area contributed by atoms with E-state index in [1.165, 1.54) is 0 Å². The number of ether oxygens (including phenoxy) is 1. The van der Waals surface area contributed by atoms with Crippen LogP contribution in [0.2, 0.25) is 0 Å². The molecule has 2 aromatic carbocycles. The van der Waals surface area contributed by atoms with E-state index < -0.39 is 29.9 Å². The number of aliphatic carboxylic acids is 1. The molecule has 0 fully saturated rings. The van der Waals surface area contributed by atoms with E-state index in [2.05, 4.69) is 10.6 Å². The van der Waals surface area contributed by atoms with Gasteiger partial charge in [-0.05, 0) is 31.5 Å². The van der Waals surface area contributed by atoms with Crippen LogP contribution in [0, 0.1) is 5.92 Å². The number of hydrogen-bond donors (Lipinski definition) is 3. The highest BCUT2D eigenvalue weighted by molar-refractivity contribution is 6.04. The predicted octanol–water partition coefficient (Wildman–Crippen LogP) is 2.60. The quantitative estimate of drug-likeness (QED) is 0.752. The van der Waals surface area contributed by atoms with Crippen LogP contribution in [0.4, 0.5) is 5.69 Å². The average molecular weight is 368 g/mol. The fourth-order valence-electron chi connectivity index (χ4n) is 2.92. The smallest absolute Gasteiger partial charge is 0.308 e. The first kappa shape index (κ1) is 18.4. The number of anilines is 1. The summed E-state index contributed by atoms with van der Waals surface area (Å²) in [6.07, 6.45) is -0.727. The number of carboxylic acid groups (broad SMARTS) is 1. The van der Waals surface area contributed by atoms with Crippen LogP contribution < -0.4 is 15.4 Å². The fraction of sp³-hybridized carbons (Fsp3) is 0.250. The number of hydrogen-bond acceptors (Lipinski definition) is 4. The van der Waals surface area contributed by atoms with Crippen LogP contribution in [0.3, 0.4) is 0 Å². The second-order valence-electron chi connectivity index (χ2n) is 6.42. The summed E-state index contributed by atoms with van der Waals surface area (Å²) in [6.45, 7) is 3.13. The minimum atomic E-state index is -1.02. The van der Waals surface area contributed by atoms with E-state index in [-0.39, 0.29) is 17.2 Å². The average Bonchev–Trinajstić information content (AvgIpc) is 2.66. The topological polar surface area (TPSA) is 105 Å². The Labute approximate surface area is 156 Å². The molecule has 3 rings (SSSR count). The molecule has 2 aromatic rings. The molecule has 27 heavy (non-hydrogen) atoms. The zero-order valence-electron chi connectivity index (χ0n) is 14.9. The van der Waals surface area contributed by atoms with Gasteiger partial charge in [0.05, 0.1) is 23.2 Å². The second kappa shape index (κ2) is 7.49. The maximum Gasteiger partial charge on any atom is 0.308 e. The number of amides is 2. The summed E-state index contributed by atoms with van der Waals surface area (Å²) < 4.78 is 5.60. The molecule has 0 saturated heterocycles. The minimum Gasteiger partial charge on any atom is -0.481 e. The third-order valence-corrected chi connectivity index (χ3v) is 4.52. The number of carbonyl (C=O) groups excluding carboxylic acids is 2. The third kappa shape index (κ3) is 3.76. The van der Waals surface area contributed by atoms with Crippen LogP contribution >= 0.6 is 0 Å². The van der Waals surface area contributed by atoms with Gasteiger partial charge in [0.2, 0.25) is 0 Å². The number of para-hydroxylation sites is 1. The minimum absolute atomic E-state index is 0.234. The summed E-state index contributed by atoms with van der Waals surface area (Å²) in [4.78, 5) is 36.2. The van der Waals surface area contributed by atoms with Gasteiger partial charge >= 0.3 is 5.97 Å². The van der Waals surface area contributed by atoms with Crippen molar-refractivity contribution in [1.82, 2.24) is 5.32 Å². The van der Waals surface area contributed by atoms with Gasteiger partial charge in [-0.1, -0.05) is 36.4 Å². The lowest BCUT2D eigenvalue weighted by molar-refractivity contribution is -0.142. The lowest BCUT2D eigenvalue weighted by Crippen LogP contribution is -2.38. The van der Waals surface area contributed by atoms with Crippen LogP contribution in [-0.4, -0.2) is 29.0 Å². The lowest BCUT2D eigenvalue weighted by atomic mass is 9.94. The van der Waals surface area contributed by atoms with Crippen molar-refractivity contribution in [2.75, 3.05) is 5.32 Å². The van der Waals surface area contributed by atoms with Crippen LogP contribution in [0.15, 0.2) is 48.5 Å². The predicted molar refractivity (Wildman–Crippen MR) is 98.6 cm³/mol. The van der Waals surface area contributed by atoms with Gasteiger partial charge in [0.15, 0.2) is 11.9 Å². The molecular formula is C20H20N2O5. The van der Waals surface area contributed by atoms with Crippen molar-refractivity contribution in [2.45, 2.75) is 26.0 Å². The van der Waals surface area contributed by atoms with Crippen LogP contribution in [0.1, 0.15) is 35.8 Å². The third-order valence-electron chi connectivity index (χ3n) is 4.52. The van der Waals surface area contributed by atoms with Crippen molar-refractivity contribution in [3.63, 3.8) is 0 Å². The van der Waals surface area contributed by atoms with E-state index >= 15 is 0 Å². The van der Waals surface area contributed by atoms with Crippen molar-refractivity contribution >= 4 is 23.5 Å². The zero-order chi connectivity index (χ0) is 19.6. The van der Waals surface area contributed by atoms with Crippen molar-refractivity contribution in [2.24, 2.45) is 5.92 Å². The van der Waals surface area contributed by atoms with Gasteiger partial charge in [-0.25, -0.2) is 0 Å². The molecule has 0 saturated carbocycles. The second-order valence-corrected chi connectivity index (χ2v) is 6.42. The van der Waals surface area contributed by atoms with Crippen molar-refractivity contribution in [1.29, 1.82) is 0 Å². The van der Waals surface area contributed by atoms with Gasteiger partial charge in [0.25, 0.3) is 11.8 Å². The number of carbonyl (C=O) groups is 3. The lowest BCUT2D eigenvalue weighted by Gasteiger charge is -2.27. The fourth-order valence-corrected chi connectivity index (χ4v) is 2.92. The number of rotatable bonds is 5. The maximum absolute atomic E-state index is 12.9. The molecule has 7 heteroatoms. The zero-order valence-corrected chi connectivity index (χ0v) is 14.9. The molecule has 0 aromatic heterocycles. The van der Waals surface area contributed by atoms with E-state index in [1.807, 2.05) is 6.07 Å². The van der Waals surface area contributed by atoms with E-state index in [1.54, 1.807) is 56.3 Å². The molecule has 2 amide bonds. The van der Waals surface area contributed by atoms with Gasteiger partial charge in [-0.15, -0.1) is 0 Å². The molecule has 3 unspecified atom stereocenters. The Kier molecular flexibility index (Phi) is 5.12. The molecule has 1 aliphatic rings. The number of benzene rings is 2. The van der Waals surface area contributed by atoms with Gasteiger partial charge in [0, 0.05) is 0 Å². The maximum atomic E-state index is 12.9. The van der Waals surface area contributed by atoms with Crippen molar-refractivity contribution in [3.05, 3.63) is 59.7 Å². The molecule has 0 aliphatic carbocycles. The normalized spacial score (nSPS) is 17.7. The molecule has 3 N–H and O–H groups in total. The Morgan fingerprint density at radius 3 is 2.52 bits per heavy atom. The number of nitrogens with one attached hydrogen (secondary N) is 2. The van der Waals surface area contributed by atoms with Crippen LogP contribution in [0.25, 0.3) is 0 Å². The van der Waals surface area contributed by atoms with E-state index in [9.17, 15) is 19.5 Å². The standard InChI is InChI=1S/C20H20N2O5/c1-11(20(25)26)16(13-7-4-3-5-8-13)22-19(24)14-9-6-10-15-17(14)27-12(2)18(23)21-15/h3-12,16H,1-2H3,(H,21,23)(H,22,24)(H,25,26). The molecule has 140 valence electrons. The Morgan fingerprint density at radius 1 is 1.15 bits per heavy atom.